The number of ether oxygens (including phenoxy) is 1. The van der Waals surface area contributed by atoms with Gasteiger partial charge in [-0.3, -0.25) is 4.68 Å². The Labute approximate surface area is 184 Å². The van der Waals surface area contributed by atoms with E-state index in [9.17, 15) is 9.90 Å². The average Bonchev–Trinajstić information content (AvgIpc) is 3.29. The molecule has 160 valence electrons. The molecule has 1 aromatic carbocycles. The molecule has 0 aliphatic rings. The third-order valence-electron chi connectivity index (χ3n) is 5.23. The highest BCUT2D eigenvalue weighted by Crippen LogP contribution is 2.37. The van der Waals surface area contributed by atoms with Crippen molar-refractivity contribution in [3.8, 4) is 11.1 Å². The zero-order valence-corrected chi connectivity index (χ0v) is 18.4. The van der Waals surface area contributed by atoms with Crippen molar-refractivity contribution in [2.24, 2.45) is 7.05 Å². The summed E-state index contributed by atoms with van der Waals surface area (Å²) in [6.45, 7) is 4.20. The standard InChI is InChI=1S/C22H22ClN5O3/c1-12-17(20(29)22(30)31-4)18(15-5-7-16(23)8-6-15)19-21(25-12)28(13(2)26-19)11-14-9-24-27(3)10-14/h5-10,20,29H,11H2,1-4H3. The van der Waals surface area contributed by atoms with E-state index in [1.807, 2.05) is 36.9 Å². The molecule has 9 heteroatoms. The van der Waals surface area contributed by atoms with Crippen molar-refractivity contribution in [2.75, 3.05) is 7.11 Å². The fourth-order valence-corrected chi connectivity index (χ4v) is 3.89. The first-order chi connectivity index (χ1) is 14.8. The number of methoxy groups -OCH3 is 1. The van der Waals surface area contributed by atoms with Gasteiger partial charge in [0.25, 0.3) is 0 Å². The molecule has 0 amide bonds. The predicted octanol–water partition coefficient (Wildman–Crippen LogP) is 3.36. The van der Waals surface area contributed by atoms with Crippen LogP contribution in [0.25, 0.3) is 22.3 Å². The number of fused-ring (bicyclic) bond motifs is 1. The van der Waals surface area contributed by atoms with Gasteiger partial charge in [-0.1, -0.05) is 23.7 Å². The molecule has 3 aromatic heterocycles. The summed E-state index contributed by atoms with van der Waals surface area (Å²) in [6.07, 6.45) is 2.25. The first kappa shape index (κ1) is 21.0. The molecule has 0 spiro atoms. The van der Waals surface area contributed by atoms with E-state index in [1.165, 1.54) is 7.11 Å². The number of hydrogen-bond donors (Lipinski definition) is 1. The Bertz CT molecular complexity index is 1280. The first-order valence-electron chi connectivity index (χ1n) is 9.66. The van der Waals surface area contributed by atoms with Gasteiger partial charge in [0.1, 0.15) is 11.3 Å². The molecule has 0 saturated carbocycles. The van der Waals surface area contributed by atoms with Crippen LogP contribution in [0.15, 0.2) is 36.7 Å². The van der Waals surface area contributed by atoms with Crippen LogP contribution in [0.4, 0.5) is 0 Å². The maximum atomic E-state index is 12.2. The van der Waals surface area contributed by atoms with Crippen LogP contribution in [0.2, 0.25) is 5.02 Å². The second kappa shape index (κ2) is 8.13. The van der Waals surface area contributed by atoms with Gasteiger partial charge in [-0.15, -0.1) is 0 Å². The third kappa shape index (κ3) is 3.80. The number of aromatic nitrogens is 5. The fraction of sp³-hybridized carbons (Fsp3) is 0.273. The first-order valence-corrected chi connectivity index (χ1v) is 10.0. The van der Waals surface area contributed by atoms with Crippen molar-refractivity contribution in [1.82, 2.24) is 24.3 Å². The summed E-state index contributed by atoms with van der Waals surface area (Å²) in [6, 6.07) is 7.18. The number of rotatable bonds is 5. The van der Waals surface area contributed by atoms with Crippen LogP contribution in [0.5, 0.6) is 0 Å². The fourth-order valence-electron chi connectivity index (χ4n) is 3.76. The molecule has 0 aliphatic carbocycles. The average molecular weight is 440 g/mol. The molecule has 31 heavy (non-hydrogen) atoms. The zero-order valence-electron chi connectivity index (χ0n) is 17.6. The van der Waals surface area contributed by atoms with Gasteiger partial charge in [-0.25, -0.2) is 14.8 Å². The predicted molar refractivity (Wildman–Crippen MR) is 117 cm³/mol. The van der Waals surface area contributed by atoms with E-state index in [1.54, 1.807) is 29.9 Å². The highest BCUT2D eigenvalue weighted by molar-refractivity contribution is 6.30. The number of aliphatic hydroxyl groups excluding tert-OH is 1. The highest BCUT2D eigenvalue weighted by Gasteiger charge is 2.28. The lowest BCUT2D eigenvalue weighted by Gasteiger charge is -2.17. The lowest BCUT2D eigenvalue weighted by molar-refractivity contribution is -0.150. The van der Waals surface area contributed by atoms with E-state index >= 15 is 0 Å². The number of imidazole rings is 1. The van der Waals surface area contributed by atoms with Gasteiger partial charge in [0.2, 0.25) is 0 Å². The summed E-state index contributed by atoms with van der Waals surface area (Å²) < 4.78 is 8.52. The van der Waals surface area contributed by atoms with Crippen LogP contribution in [-0.4, -0.2) is 42.5 Å². The van der Waals surface area contributed by atoms with Crippen LogP contribution in [0.3, 0.4) is 0 Å². The number of halogens is 1. The third-order valence-corrected chi connectivity index (χ3v) is 5.48. The van der Waals surface area contributed by atoms with Gasteiger partial charge in [0.15, 0.2) is 11.8 Å². The maximum Gasteiger partial charge on any atom is 0.339 e. The minimum atomic E-state index is -1.49. The Kier molecular flexibility index (Phi) is 5.51. The minimum Gasteiger partial charge on any atom is -0.467 e. The van der Waals surface area contributed by atoms with Gasteiger partial charge in [-0.05, 0) is 31.5 Å². The van der Waals surface area contributed by atoms with Gasteiger partial charge >= 0.3 is 5.97 Å². The molecule has 0 bridgehead atoms. The van der Waals surface area contributed by atoms with E-state index < -0.39 is 12.1 Å². The van der Waals surface area contributed by atoms with Crippen LogP contribution >= 0.6 is 11.6 Å². The number of nitrogens with zero attached hydrogens (tertiary/aromatic N) is 5. The number of carbonyl (C=O) groups excluding carboxylic acids is 1. The number of aryl methyl sites for hydroxylation is 3. The van der Waals surface area contributed by atoms with Gasteiger partial charge in [0.05, 0.1) is 19.9 Å². The van der Waals surface area contributed by atoms with Crippen molar-refractivity contribution in [2.45, 2.75) is 26.5 Å². The Morgan fingerprint density at radius 3 is 2.55 bits per heavy atom. The van der Waals surface area contributed by atoms with E-state index in [4.69, 9.17) is 26.3 Å². The summed E-state index contributed by atoms with van der Waals surface area (Å²) in [5.74, 6) is -0.00310. The number of hydrogen-bond acceptors (Lipinski definition) is 6. The van der Waals surface area contributed by atoms with Crippen LogP contribution in [0.1, 0.15) is 28.7 Å². The molecule has 1 unspecified atom stereocenters. The second-order valence-electron chi connectivity index (χ2n) is 7.36. The molecule has 1 atom stereocenters. The van der Waals surface area contributed by atoms with Crippen molar-refractivity contribution in [3.05, 3.63) is 64.3 Å². The number of benzene rings is 1. The molecular weight excluding hydrogens is 418 g/mol. The van der Waals surface area contributed by atoms with Crippen LogP contribution < -0.4 is 0 Å². The number of aliphatic hydroxyl groups is 1. The molecule has 3 heterocycles. The second-order valence-corrected chi connectivity index (χ2v) is 7.79. The monoisotopic (exact) mass is 439 g/mol. The Morgan fingerprint density at radius 2 is 1.94 bits per heavy atom. The molecular formula is C22H22ClN5O3. The van der Waals surface area contributed by atoms with Crippen LogP contribution in [-0.2, 0) is 23.1 Å². The number of carbonyl (C=O) groups is 1. The molecule has 0 aliphatic heterocycles. The van der Waals surface area contributed by atoms with Crippen LogP contribution in [0, 0.1) is 13.8 Å². The van der Waals surface area contributed by atoms with E-state index in [2.05, 4.69) is 5.10 Å². The molecule has 4 rings (SSSR count). The number of pyridine rings is 1. The smallest absolute Gasteiger partial charge is 0.339 e. The highest BCUT2D eigenvalue weighted by atomic mass is 35.5. The maximum absolute atomic E-state index is 12.2. The summed E-state index contributed by atoms with van der Waals surface area (Å²) in [4.78, 5) is 21.7. The minimum absolute atomic E-state index is 0.368. The van der Waals surface area contributed by atoms with E-state index in [0.29, 0.717) is 39.6 Å². The molecule has 8 nitrogen and oxygen atoms in total. The van der Waals surface area contributed by atoms with E-state index in [-0.39, 0.29) is 0 Å². The lowest BCUT2D eigenvalue weighted by Crippen LogP contribution is -2.17. The zero-order chi connectivity index (χ0) is 22.3. The Hall–Kier alpha value is -3.23. The summed E-state index contributed by atoms with van der Waals surface area (Å²) in [5, 5.41) is 15.6. The van der Waals surface area contributed by atoms with Gasteiger partial charge in [-0.2, -0.15) is 5.10 Å². The van der Waals surface area contributed by atoms with Crippen molar-refractivity contribution in [3.63, 3.8) is 0 Å². The Balaban J connectivity index is 2.00. The summed E-state index contributed by atoms with van der Waals surface area (Å²) in [7, 11) is 3.10. The van der Waals surface area contributed by atoms with Crippen molar-refractivity contribution < 1.29 is 14.6 Å². The normalized spacial score (nSPS) is 12.3. The lowest BCUT2D eigenvalue weighted by atomic mass is 9.94. The molecule has 0 saturated heterocycles. The molecule has 0 fully saturated rings. The largest absolute Gasteiger partial charge is 0.467 e. The SMILES string of the molecule is COC(=O)C(O)c1c(C)nc2c(nc(C)n2Cc2cnn(C)c2)c1-c1ccc(Cl)cc1. The number of esters is 1. The Morgan fingerprint density at radius 1 is 1.23 bits per heavy atom. The van der Waals surface area contributed by atoms with E-state index in [0.717, 1.165) is 17.0 Å². The summed E-state index contributed by atoms with van der Waals surface area (Å²) in [5.41, 5.74) is 4.54. The van der Waals surface area contributed by atoms with Crippen molar-refractivity contribution >= 4 is 28.7 Å². The molecule has 1 N–H and O–H groups in total. The molecule has 4 aromatic rings. The summed E-state index contributed by atoms with van der Waals surface area (Å²) >= 11 is 6.08. The molecule has 0 radical (unpaired) electrons. The van der Waals surface area contributed by atoms with Crippen molar-refractivity contribution in [1.29, 1.82) is 0 Å². The van der Waals surface area contributed by atoms with Gasteiger partial charge < -0.3 is 14.4 Å². The van der Waals surface area contributed by atoms with Gasteiger partial charge in [0, 0.05) is 40.7 Å². The topological polar surface area (TPSA) is 95.1 Å². The quantitative estimate of drug-likeness (QED) is 0.479.